The number of aliphatic hydroxyl groups is 1. The Morgan fingerprint density at radius 2 is 2.00 bits per heavy atom. The minimum atomic E-state index is -0.907. The second kappa shape index (κ2) is 5.22. The predicted molar refractivity (Wildman–Crippen MR) is 78.8 cm³/mol. The van der Waals surface area contributed by atoms with Gasteiger partial charge in [0.1, 0.15) is 5.60 Å². The van der Waals surface area contributed by atoms with E-state index in [0.29, 0.717) is 16.5 Å². The number of hydrogen-bond donors (Lipinski definition) is 1. The van der Waals surface area contributed by atoms with Gasteiger partial charge in [-0.15, -0.1) is 11.3 Å². The standard InChI is InChI=1S/C14H14Cl2OS/c1-9-5-6-18-13(9)14(2,17)8-10-3-4-11(15)7-12(10)16/h3-7,17H,8H2,1-2H3. The summed E-state index contributed by atoms with van der Waals surface area (Å²) in [6.45, 7) is 3.82. The molecule has 2 rings (SSSR count). The zero-order valence-electron chi connectivity index (χ0n) is 10.2. The number of rotatable bonds is 3. The number of benzene rings is 1. The van der Waals surface area contributed by atoms with E-state index in [9.17, 15) is 5.11 Å². The molecule has 0 aliphatic carbocycles. The lowest BCUT2D eigenvalue weighted by molar-refractivity contribution is 0.0609. The van der Waals surface area contributed by atoms with Crippen molar-refractivity contribution < 1.29 is 5.11 Å². The van der Waals surface area contributed by atoms with Crippen molar-refractivity contribution in [3.8, 4) is 0 Å². The Bertz CT molecular complexity index is 561. The number of hydrogen-bond acceptors (Lipinski definition) is 2. The van der Waals surface area contributed by atoms with Gasteiger partial charge in [-0.1, -0.05) is 29.3 Å². The summed E-state index contributed by atoms with van der Waals surface area (Å²) >= 11 is 13.6. The van der Waals surface area contributed by atoms with Crippen LogP contribution in [0.4, 0.5) is 0 Å². The molecule has 0 radical (unpaired) electrons. The van der Waals surface area contributed by atoms with E-state index in [1.807, 2.05) is 31.4 Å². The Morgan fingerprint density at radius 1 is 1.28 bits per heavy atom. The fraction of sp³-hybridized carbons (Fsp3) is 0.286. The van der Waals surface area contributed by atoms with Gasteiger partial charge in [0.2, 0.25) is 0 Å². The monoisotopic (exact) mass is 300 g/mol. The molecule has 4 heteroatoms. The topological polar surface area (TPSA) is 20.2 Å². The van der Waals surface area contributed by atoms with E-state index in [-0.39, 0.29) is 0 Å². The van der Waals surface area contributed by atoms with E-state index < -0.39 is 5.60 Å². The maximum Gasteiger partial charge on any atom is 0.100 e. The fourth-order valence-corrected chi connectivity index (χ4v) is 3.50. The van der Waals surface area contributed by atoms with Crippen LogP contribution in [0.25, 0.3) is 0 Å². The molecule has 1 aromatic heterocycles. The van der Waals surface area contributed by atoms with Gasteiger partial charge in [0.05, 0.1) is 0 Å². The summed E-state index contributed by atoms with van der Waals surface area (Å²) in [6, 6.07) is 7.37. The molecule has 1 aromatic carbocycles. The van der Waals surface area contributed by atoms with Gasteiger partial charge in [0.25, 0.3) is 0 Å². The molecule has 0 aliphatic rings. The molecule has 0 fully saturated rings. The van der Waals surface area contributed by atoms with Crippen LogP contribution in [0.2, 0.25) is 10.0 Å². The van der Waals surface area contributed by atoms with Crippen molar-refractivity contribution in [1.29, 1.82) is 0 Å². The van der Waals surface area contributed by atoms with Crippen molar-refractivity contribution in [1.82, 2.24) is 0 Å². The Hall–Kier alpha value is -0.540. The predicted octanol–water partition coefficient (Wildman–Crippen LogP) is 4.81. The quantitative estimate of drug-likeness (QED) is 0.862. The van der Waals surface area contributed by atoms with Crippen LogP contribution in [0.5, 0.6) is 0 Å². The van der Waals surface area contributed by atoms with E-state index >= 15 is 0 Å². The molecule has 1 atom stereocenters. The summed E-state index contributed by atoms with van der Waals surface area (Å²) in [6.07, 6.45) is 0.477. The van der Waals surface area contributed by atoms with Crippen LogP contribution in [0.3, 0.4) is 0 Å². The maximum atomic E-state index is 10.6. The third kappa shape index (κ3) is 2.89. The van der Waals surface area contributed by atoms with E-state index in [1.54, 1.807) is 23.5 Å². The van der Waals surface area contributed by atoms with Crippen molar-refractivity contribution >= 4 is 34.5 Å². The normalized spacial score (nSPS) is 14.5. The highest BCUT2D eigenvalue weighted by Crippen LogP contribution is 2.34. The summed E-state index contributed by atoms with van der Waals surface area (Å²) in [7, 11) is 0. The van der Waals surface area contributed by atoms with Crippen LogP contribution in [0, 0.1) is 6.92 Å². The molecule has 1 nitrogen and oxygen atoms in total. The summed E-state index contributed by atoms with van der Waals surface area (Å²) in [5, 5.41) is 13.8. The van der Waals surface area contributed by atoms with Crippen LogP contribution in [0.1, 0.15) is 22.9 Å². The molecular weight excluding hydrogens is 287 g/mol. The first-order valence-electron chi connectivity index (χ1n) is 5.61. The minimum Gasteiger partial charge on any atom is -0.384 e. The summed E-state index contributed by atoms with van der Waals surface area (Å²) in [5.74, 6) is 0. The molecule has 0 saturated heterocycles. The second-order valence-corrected chi connectivity index (χ2v) is 6.38. The molecule has 96 valence electrons. The highest BCUT2D eigenvalue weighted by Gasteiger charge is 2.27. The van der Waals surface area contributed by atoms with E-state index in [1.165, 1.54) is 0 Å². The molecule has 0 bridgehead atoms. The van der Waals surface area contributed by atoms with Gasteiger partial charge >= 0.3 is 0 Å². The van der Waals surface area contributed by atoms with Crippen molar-refractivity contribution in [3.05, 3.63) is 55.7 Å². The van der Waals surface area contributed by atoms with Crippen molar-refractivity contribution in [2.75, 3.05) is 0 Å². The molecule has 18 heavy (non-hydrogen) atoms. The lowest BCUT2D eigenvalue weighted by Crippen LogP contribution is -2.24. The van der Waals surface area contributed by atoms with Crippen LogP contribution < -0.4 is 0 Å². The van der Waals surface area contributed by atoms with E-state index in [4.69, 9.17) is 23.2 Å². The first-order chi connectivity index (χ1) is 8.40. The largest absolute Gasteiger partial charge is 0.384 e. The zero-order chi connectivity index (χ0) is 13.3. The highest BCUT2D eigenvalue weighted by molar-refractivity contribution is 7.10. The molecule has 0 saturated carbocycles. The Balaban J connectivity index is 2.30. The molecule has 0 amide bonds. The van der Waals surface area contributed by atoms with Gasteiger partial charge < -0.3 is 5.11 Å². The average molecular weight is 301 g/mol. The van der Waals surface area contributed by atoms with Crippen LogP contribution in [-0.4, -0.2) is 5.11 Å². The maximum absolute atomic E-state index is 10.6. The molecular formula is C14H14Cl2OS. The zero-order valence-corrected chi connectivity index (χ0v) is 12.5. The van der Waals surface area contributed by atoms with Crippen molar-refractivity contribution in [3.63, 3.8) is 0 Å². The van der Waals surface area contributed by atoms with Gasteiger partial charge in [-0.2, -0.15) is 0 Å². The van der Waals surface area contributed by atoms with Crippen LogP contribution >= 0.6 is 34.5 Å². The highest BCUT2D eigenvalue weighted by atomic mass is 35.5. The fourth-order valence-electron chi connectivity index (χ4n) is 2.04. The molecule has 1 heterocycles. The van der Waals surface area contributed by atoms with Gasteiger partial charge in [-0.3, -0.25) is 0 Å². The Morgan fingerprint density at radius 3 is 2.56 bits per heavy atom. The Kier molecular flexibility index (Phi) is 4.02. The van der Waals surface area contributed by atoms with E-state index in [0.717, 1.165) is 16.0 Å². The lowest BCUT2D eigenvalue weighted by Gasteiger charge is -2.24. The summed E-state index contributed by atoms with van der Waals surface area (Å²) in [4.78, 5) is 0.980. The summed E-state index contributed by atoms with van der Waals surface area (Å²) in [5.41, 5.74) is 1.10. The average Bonchev–Trinajstić information content (AvgIpc) is 2.69. The van der Waals surface area contributed by atoms with Gasteiger partial charge in [-0.05, 0) is 48.6 Å². The number of thiophene rings is 1. The Labute approximate surface area is 121 Å². The van der Waals surface area contributed by atoms with Gasteiger partial charge in [0, 0.05) is 21.3 Å². The van der Waals surface area contributed by atoms with Crippen molar-refractivity contribution in [2.45, 2.75) is 25.9 Å². The smallest absolute Gasteiger partial charge is 0.100 e. The van der Waals surface area contributed by atoms with Crippen molar-refractivity contribution in [2.24, 2.45) is 0 Å². The lowest BCUT2D eigenvalue weighted by atomic mass is 9.93. The molecule has 1 unspecified atom stereocenters. The SMILES string of the molecule is Cc1ccsc1C(C)(O)Cc1ccc(Cl)cc1Cl. The number of halogens is 2. The molecule has 0 aliphatic heterocycles. The third-order valence-corrected chi connectivity index (χ3v) is 4.76. The van der Waals surface area contributed by atoms with Crippen LogP contribution in [-0.2, 0) is 12.0 Å². The molecule has 2 aromatic rings. The van der Waals surface area contributed by atoms with Gasteiger partial charge in [0.15, 0.2) is 0 Å². The minimum absolute atomic E-state index is 0.477. The second-order valence-electron chi connectivity index (χ2n) is 4.62. The van der Waals surface area contributed by atoms with Gasteiger partial charge in [-0.25, -0.2) is 0 Å². The van der Waals surface area contributed by atoms with E-state index in [2.05, 4.69) is 0 Å². The van der Waals surface area contributed by atoms with Crippen LogP contribution in [0.15, 0.2) is 29.6 Å². The number of aryl methyl sites for hydroxylation is 1. The summed E-state index contributed by atoms with van der Waals surface area (Å²) < 4.78 is 0. The molecule has 0 spiro atoms. The first-order valence-corrected chi connectivity index (χ1v) is 7.24. The molecule has 1 N–H and O–H groups in total. The third-order valence-electron chi connectivity index (χ3n) is 2.90. The first kappa shape index (κ1) is 13.9.